The number of hydrogen-bond acceptors (Lipinski definition) is 5. The molecule has 2 N–H and O–H groups in total. The minimum atomic E-state index is -0.392. The van der Waals surface area contributed by atoms with Gasteiger partial charge in [-0.1, -0.05) is 23.4 Å². The molecule has 3 heterocycles. The first kappa shape index (κ1) is 16.2. The van der Waals surface area contributed by atoms with Crippen molar-refractivity contribution in [3.8, 4) is 21.9 Å². The predicted octanol–water partition coefficient (Wildman–Crippen LogP) is 3.86. The number of H-pyrrole nitrogens is 1. The number of amides is 1. The third-order valence-electron chi connectivity index (χ3n) is 3.73. The molecule has 0 aliphatic heterocycles. The van der Waals surface area contributed by atoms with E-state index in [9.17, 15) is 9.18 Å². The van der Waals surface area contributed by atoms with Crippen molar-refractivity contribution >= 4 is 17.2 Å². The van der Waals surface area contributed by atoms with Gasteiger partial charge < -0.3 is 9.84 Å². The largest absolute Gasteiger partial charge is 0.356 e. The van der Waals surface area contributed by atoms with Crippen LogP contribution >= 0.6 is 11.3 Å². The van der Waals surface area contributed by atoms with Crippen LogP contribution < -0.4 is 5.32 Å². The van der Waals surface area contributed by atoms with Crippen molar-refractivity contribution in [3.63, 3.8) is 0 Å². The molecule has 0 aliphatic rings. The van der Waals surface area contributed by atoms with Crippen LogP contribution in [0.3, 0.4) is 0 Å². The highest BCUT2D eigenvalue weighted by Gasteiger charge is 2.14. The van der Waals surface area contributed by atoms with Gasteiger partial charge in [-0.25, -0.2) is 4.39 Å². The van der Waals surface area contributed by atoms with Crippen molar-refractivity contribution in [2.45, 2.75) is 6.54 Å². The zero-order valence-corrected chi connectivity index (χ0v) is 14.2. The molecule has 6 nitrogen and oxygen atoms in total. The second-order valence-corrected chi connectivity index (χ2v) is 6.44. The van der Waals surface area contributed by atoms with E-state index in [-0.39, 0.29) is 18.1 Å². The van der Waals surface area contributed by atoms with Crippen LogP contribution in [0.1, 0.15) is 16.2 Å². The van der Waals surface area contributed by atoms with Crippen LogP contribution in [-0.2, 0) is 6.54 Å². The Morgan fingerprint density at radius 2 is 2.12 bits per heavy atom. The first-order chi connectivity index (χ1) is 12.7. The maximum absolute atomic E-state index is 13.8. The number of halogens is 1. The third kappa shape index (κ3) is 3.27. The van der Waals surface area contributed by atoms with E-state index in [0.717, 1.165) is 10.6 Å². The van der Waals surface area contributed by atoms with Gasteiger partial charge in [0.15, 0.2) is 11.5 Å². The molecule has 0 atom stereocenters. The van der Waals surface area contributed by atoms with E-state index in [1.54, 1.807) is 41.7 Å². The summed E-state index contributed by atoms with van der Waals surface area (Å²) in [6.07, 6.45) is 0. The van der Waals surface area contributed by atoms with Crippen LogP contribution in [0.15, 0.2) is 58.4 Å². The van der Waals surface area contributed by atoms with E-state index in [0.29, 0.717) is 17.0 Å². The first-order valence-electron chi connectivity index (χ1n) is 7.78. The molecule has 0 unspecified atom stereocenters. The molecule has 0 saturated carbocycles. The van der Waals surface area contributed by atoms with Crippen molar-refractivity contribution in [3.05, 3.63) is 71.1 Å². The number of benzene rings is 1. The molecule has 0 spiro atoms. The lowest BCUT2D eigenvalue weighted by molar-refractivity contribution is 0.0945. The molecular weight excluding hydrogens is 355 g/mol. The van der Waals surface area contributed by atoms with Crippen LogP contribution in [0.4, 0.5) is 4.39 Å². The van der Waals surface area contributed by atoms with Gasteiger partial charge in [0, 0.05) is 6.07 Å². The molecule has 0 fully saturated rings. The van der Waals surface area contributed by atoms with E-state index in [4.69, 9.17) is 4.52 Å². The monoisotopic (exact) mass is 368 g/mol. The molecule has 26 heavy (non-hydrogen) atoms. The second-order valence-electron chi connectivity index (χ2n) is 5.49. The van der Waals surface area contributed by atoms with Gasteiger partial charge in [-0.15, -0.1) is 11.3 Å². The Kier molecular flexibility index (Phi) is 4.32. The Labute approximate surface area is 151 Å². The topological polar surface area (TPSA) is 83.8 Å². The standard InChI is InChI=1S/C18H13FN4O2S/c19-13-5-2-1-4-12(13)16-8-11(23-25-16)10-20-18(24)15-9-14(21-22-15)17-6-3-7-26-17/h1-9H,10H2,(H,20,24)(H,21,22). The highest BCUT2D eigenvalue weighted by molar-refractivity contribution is 7.13. The minimum Gasteiger partial charge on any atom is -0.356 e. The Bertz CT molecular complexity index is 1040. The number of hydrogen-bond donors (Lipinski definition) is 2. The lowest BCUT2D eigenvalue weighted by atomic mass is 10.1. The molecule has 0 aliphatic carbocycles. The fourth-order valence-electron chi connectivity index (χ4n) is 2.44. The van der Waals surface area contributed by atoms with Gasteiger partial charge in [-0.2, -0.15) is 5.10 Å². The zero-order chi connectivity index (χ0) is 17.9. The van der Waals surface area contributed by atoms with Gasteiger partial charge in [-0.3, -0.25) is 9.89 Å². The maximum atomic E-state index is 13.8. The molecule has 0 saturated heterocycles. The molecule has 1 amide bonds. The van der Waals surface area contributed by atoms with E-state index in [1.165, 1.54) is 6.07 Å². The smallest absolute Gasteiger partial charge is 0.272 e. The first-order valence-corrected chi connectivity index (χ1v) is 8.66. The summed E-state index contributed by atoms with van der Waals surface area (Å²) in [7, 11) is 0. The molecule has 0 radical (unpaired) electrons. The average molecular weight is 368 g/mol. The van der Waals surface area contributed by atoms with Gasteiger partial charge in [0.2, 0.25) is 0 Å². The van der Waals surface area contributed by atoms with Crippen LogP contribution in [0.5, 0.6) is 0 Å². The van der Waals surface area contributed by atoms with E-state index in [2.05, 4.69) is 20.7 Å². The highest BCUT2D eigenvalue weighted by atomic mass is 32.1. The second kappa shape index (κ2) is 6.93. The number of carbonyl (C=O) groups is 1. The number of nitrogens with zero attached hydrogens (tertiary/aromatic N) is 2. The van der Waals surface area contributed by atoms with E-state index in [1.807, 2.05) is 17.5 Å². The number of nitrogens with one attached hydrogen (secondary N) is 2. The minimum absolute atomic E-state index is 0.151. The van der Waals surface area contributed by atoms with Crippen molar-refractivity contribution < 1.29 is 13.7 Å². The molecule has 1 aromatic carbocycles. The number of carbonyl (C=O) groups excluding carboxylic acids is 1. The summed E-state index contributed by atoms with van der Waals surface area (Å²) < 4.78 is 18.9. The van der Waals surface area contributed by atoms with E-state index < -0.39 is 5.82 Å². The molecular formula is C18H13FN4O2S. The van der Waals surface area contributed by atoms with Crippen LogP contribution in [-0.4, -0.2) is 21.3 Å². The van der Waals surface area contributed by atoms with Gasteiger partial charge in [0.05, 0.1) is 22.7 Å². The quantitative estimate of drug-likeness (QED) is 0.560. The number of thiophene rings is 1. The fourth-order valence-corrected chi connectivity index (χ4v) is 3.13. The van der Waals surface area contributed by atoms with Gasteiger partial charge in [-0.05, 0) is 29.6 Å². The Hall–Kier alpha value is -3.26. The van der Waals surface area contributed by atoms with Crippen LogP contribution in [0, 0.1) is 5.82 Å². The normalized spacial score (nSPS) is 10.8. The number of aromatic amines is 1. The van der Waals surface area contributed by atoms with Crippen molar-refractivity contribution in [1.29, 1.82) is 0 Å². The summed E-state index contributed by atoms with van der Waals surface area (Å²) in [6, 6.07) is 13.4. The van der Waals surface area contributed by atoms with E-state index >= 15 is 0 Å². The molecule has 3 aromatic heterocycles. The molecule has 8 heteroatoms. The summed E-state index contributed by atoms with van der Waals surface area (Å²) in [6.45, 7) is 0.151. The Morgan fingerprint density at radius 3 is 2.92 bits per heavy atom. The summed E-state index contributed by atoms with van der Waals surface area (Å²) >= 11 is 1.56. The van der Waals surface area contributed by atoms with Crippen molar-refractivity contribution in [2.24, 2.45) is 0 Å². The SMILES string of the molecule is O=C(NCc1cc(-c2ccccc2F)on1)c1cc(-c2cccs2)[nH]n1. The number of rotatable bonds is 5. The molecule has 0 bridgehead atoms. The average Bonchev–Trinajstić information content (AvgIpc) is 3.40. The molecule has 130 valence electrons. The lowest BCUT2D eigenvalue weighted by Gasteiger charge is -1.98. The maximum Gasteiger partial charge on any atom is 0.272 e. The summed E-state index contributed by atoms with van der Waals surface area (Å²) in [5.41, 5.74) is 1.88. The number of aromatic nitrogens is 3. The van der Waals surface area contributed by atoms with Gasteiger partial charge in [0.25, 0.3) is 5.91 Å². The highest BCUT2D eigenvalue weighted by Crippen LogP contribution is 2.24. The summed E-state index contributed by atoms with van der Waals surface area (Å²) in [4.78, 5) is 13.2. The molecule has 4 rings (SSSR count). The summed E-state index contributed by atoms with van der Waals surface area (Å²) in [5.74, 6) is -0.413. The Morgan fingerprint density at radius 1 is 1.23 bits per heavy atom. The van der Waals surface area contributed by atoms with Crippen LogP contribution in [0.25, 0.3) is 21.9 Å². The summed E-state index contributed by atoms with van der Waals surface area (Å²) in [5, 5.41) is 15.4. The predicted molar refractivity (Wildman–Crippen MR) is 95.0 cm³/mol. The zero-order valence-electron chi connectivity index (χ0n) is 13.4. The molecule has 4 aromatic rings. The van der Waals surface area contributed by atoms with Crippen LogP contribution in [0.2, 0.25) is 0 Å². The van der Waals surface area contributed by atoms with Gasteiger partial charge >= 0.3 is 0 Å². The van der Waals surface area contributed by atoms with Crippen molar-refractivity contribution in [1.82, 2.24) is 20.7 Å². The lowest BCUT2D eigenvalue weighted by Crippen LogP contribution is -2.23. The Balaban J connectivity index is 1.42. The third-order valence-corrected chi connectivity index (χ3v) is 4.63. The van der Waals surface area contributed by atoms with Gasteiger partial charge in [0.1, 0.15) is 11.5 Å². The fraction of sp³-hybridized carbons (Fsp3) is 0.0556. The van der Waals surface area contributed by atoms with Crippen molar-refractivity contribution in [2.75, 3.05) is 0 Å².